The molecule has 1 heterocycles. The van der Waals surface area contributed by atoms with Crippen LogP contribution in [0.4, 0.5) is 4.39 Å². The van der Waals surface area contributed by atoms with Crippen LogP contribution in [0.2, 0.25) is 5.02 Å². The van der Waals surface area contributed by atoms with Crippen molar-refractivity contribution >= 4 is 17.6 Å². The number of rotatable bonds is 5. The van der Waals surface area contributed by atoms with Crippen LogP contribution in [-0.2, 0) is 17.8 Å². The van der Waals surface area contributed by atoms with Crippen LogP contribution in [0.1, 0.15) is 18.3 Å². The molecule has 0 bridgehead atoms. The van der Waals surface area contributed by atoms with Crippen LogP contribution < -0.4 is 0 Å². The van der Waals surface area contributed by atoms with E-state index in [0.29, 0.717) is 5.82 Å². The summed E-state index contributed by atoms with van der Waals surface area (Å²) in [6.07, 6.45) is 0.102. The summed E-state index contributed by atoms with van der Waals surface area (Å²) in [4.78, 5) is 10.8. The van der Waals surface area contributed by atoms with E-state index >= 15 is 0 Å². The van der Waals surface area contributed by atoms with Crippen molar-refractivity contribution in [3.63, 3.8) is 0 Å². The van der Waals surface area contributed by atoms with Crippen LogP contribution in [0.25, 0.3) is 0 Å². The van der Waals surface area contributed by atoms with Gasteiger partial charge in [-0.2, -0.15) is 0 Å². The monoisotopic (exact) mass is 298 g/mol. The first kappa shape index (κ1) is 14.4. The minimum absolute atomic E-state index is 0.102. The van der Waals surface area contributed by atoms with Gasteiger partial charge in [0.1, 0.15) is 5.82 Å². The summed E-state index contributed by atoms with van der Waals surface area (Å²) in [6, 6.07) is 4.39. The largest absolute Gasteiger partial charge is 0.481 e. The van der Waals surface area contributed by atoms with Crippen molar-refractivity contribution in [3.8, 4) is 0 Å². The lowest BCUT2D eigenvalue weighted by molar-refractivity contribution is -0.141. The lowest BCUT2D eigenvalue weighted by Crippen LogP contribution is -2.19. The standard InChI is InChI=1S/C12H12ClFN4O2/c1-7(12(19)20)6-18-11(15-16-17-18)5-8-9(13)3-2-4-10(8)14/h2-4,7H,5-6H2,1H3,(H,19,20). The summed E-state index contributed by atoms with van der Waals surface area (Å²) in [7, 11) is 0. The van der Waals surface area contributed by atoms with Gasteiger partial charge in [0.25, 0.3) is 0 Å². The molecular weight excluding hydrogens is 287 g/mol. The molecule has 1 aromatic heterocycles. The summed E-state index contributed by atoms with van der Waals surface area (Å²) in [6.45, 7) is 1.66. The highest BCUT2D eigenvalue weighted by atomic mass is 35.5. The Bertz CT molecular complexity index is 611. The van der Waals surface area contributed by atoms with E-state index < -0.39 is 17.7 Å². The first-order valence-electron chi connectivity index (χ1n) is 5.89. The average molecular weight is 299 g/mol. The molecule has 1 unspecified atom stereocenters. The lowest BCUT2D eigenvalue weighted by atomic mass is 10.1. The zero-order valence-corrected chi connectivity index (χ0v) is 11.4. The molecule has 106 valence electrons. The molecule has 0 spiro atoms. The Morgan fingerprint density at radius 3 is 2.95 bits per heavy atom. The van der Waals surface area contributed by atoms with E-state index in [4.69, 9.17) is 16.7 Å². The Labute approximate surface area is 119 Å². The minimum Gasteiger partial charge on any atom is -0.481 e. The van der Waals surface area contributed by atoms with Gasteiger partial charge >= 0.3 is 5.97 Å². The third kappa shape index (κ3) is 3.11. The highest BCUT2D eigenvalue weighted by Gasteiger charge is 2.17. The van der Waals surface area contributed by atoms with Gasteiger partial charge in [-0.15, -0.1) is 5.10 Å². The van der Waals surface area contributed by atoms with E-state index in [-0.39, 0.29) is 23.6 Å². The number of hydrogen-bond acceptors (Lipinski definition) is 4. The minimum atomic E-state index is -0.949. The molecule has 0 aliphatic rings. The Kier molecular flexibility index (Phi) is 4.29. The molecule has 0 fully saturated rings. The van der Waals surface area contributed by atoms with Crippen LogP contribution in [0, 0.1) is 11.7 Å². The molecular formula is C12H12ClFN4O2. The quantitative estimate of drug-likeness (QED) is 0.910. The van der Waals surface area contributed by atoms with Crippen LogP contribution in [-0.4, -0.2) is 31.3 Å². The average Bonchev–Trinajstić information content (AvgIpc) is 2.81. The highest BCUT2D eigenvalue weighted by Crippen LogP contribution is 2.21. The van der Waals surface area contributed by atoms with Crippen LogP contribution in [0.15, 0.2) is 18.2 Å². The molecule has 0 saturated carbocycles. The second kappa shape index (κ2) is 5.96. The van der Waals surface area contributed by atoms with Crippen LogP contribution >= 0.6 is 11.6 Å². The van der Waals surface area contributed by atoms with Gasteiger partial charge in [-0.05, 0) is 22.6 Å². The van der Waals surface area contributed by atoms with E-state index in [1.807, 2.05) is 0 Å². The van der Waals surface area contributed by atoms with Crippen molar-refractivity contribution in [3.05, 3.63) is 40.4 Å². The number of nitrogens with zero attached hydrogens (tertiary/aromatic N) is 4. The Balaban J connectivity index is 2.23. The maximum absolute atomic E-state index is 13.7. The number of benzene rings is 1. The van der Waals surface area contributed by atoms with E-state index in [1.165, 1.54) is 16.8 Å². The van der Waals surface area contributed by atoms with E-state index in [1.54, 1.807) is 13.0 Å². The normalized spacial score (nSPS) is 12.3. The number of carbonyl (C=O) groups is 1. The fourth-order valence-electron chi connectivity index (χ4n) is 1.69. The molecule has 0 saturated heterocycles. The number of halogens is 2. The topological polar surface area (TPSA) is 80.9 Å². The second-order valence-corrected chi connectivity index (χ2v) is 4.80. The summed E-state index contributed by atoms with van der Waals surface area (Å²) in [5.74, 6) is -1.67. The van der Waals surface area contributed by atoms with Crippen LogP contribution in [0.3, 0.4) is 0 Å². The zero-order chi connectivity index (χ0) is 14.7. The van der Waals surface area contributed by atoms with Gasteiger partial charge in [-0.3, -0.25) is 4.79 Å². The third-order valence-corrected chi connectivity index (χ3v) is 3.23. The number of tetrazole rings is 1. The molecule has 2 rings (SSSR count). The zero-order valence-electron chi connectivity index (χ0n) is 10.6. The molecule has 8 heteroatoms. The van der Waals surface area contributed by atoms with Gasteiger partial charge in [-0.25, -0.2) is 9.07 Å². The molecule has 6 nitrogen and oxygen atoms in total. The number of carboxylic acids is 1. The second-order valence-electron chi connectivity index (χ2n) is 4.39. The lowest BCUT2D eigenvalue weighted by Gasteiger charge is -2.09. The predicted octanol–water partition coefficient (Wildman–Crippen LogP) is 1.78. The predicted molar refractivity (Wildman–Crippen MR) is 68.8 cm³/mol. The smallest absolute Gasteiger partial charge is 0.308 e. The maximum Gasteiger partial charge on any atom is 0.308 e. The van der Waals surface area contributed by atoms with E-state index in [0.717, 1.165) is 0 Å². The summed E-state index contributed by atoms with van der Waals surface area (Å²) < 4.78 is 15.1. The first-order chi connectivity index (χ1) is 9.49. The Morgan fingerprint density at radius 2 is 2.30 bits per heavy atom. The molecule has 1 N–H and O–H groups in total. The molecule has 0 radical (unpaired) electrons. The summed E-state index contributed by atoms with van der Waals surface area (Å²) in [5.41, 5.74) is 0.285. The SMILES string of the molecule is CC(Cn1nnnc1Cc1c(F)cccc1Cl)C(=O)O. The first-order valence-corrected chi connectivity index (χ1v) is 6.27. The fourth-order valence-corrected chi connectivity index (χ4v) is 1.92. The third-order valence-electron chi connectivity index (χ3n) is 2.87. The molecule has 20 heavy (non-hydrogen) atoms. The van der Waals surface area contributed by atoms with Gasteiger partial charge in [0.05, 0.1) is 12.5 Å². The highest BCUT2D eigenvalue weighted by molar-refractivity contribution is 6.31. The van der Waals surface area contributed by atoms with Gasteiger partial charge in [0.15, 0.2) is 5.82 Å². The van der Waals surface area contributed by atoms with Crippen molar-refractivity contribution in [1.29, 1.82) is 0 Å². The van der Waals surface area contributed by atoms with Crippen molar-refractivity contribution in [1.82, 2.24) is 20.2 Å². The van der Waals surface area contributed by atoms with Crippen LogP contribution in [0.5, 0.6) is 0 Å². The Morgan fingerprint density at radius 1 is 1.55 bits per heavy atom. The molecule has 0 aliphatic carbocycles. The number of hydrogen-bond donors (Lipinski definition) is 1. The number of aromatic nitrogens is 4. The molecule has 0 aliphatic heterocycles. The van der Waals surface area contributed by atoms with Crippen molar-refractivity contribution < 1.29 is 14.3 Å². The van der Waals surface area contributed by atoms with Gasteiger partial charge in [0, 0.05) is 17.0 Å². The van der Waals surface area contributed by atoms with Gasteiger partial charge in [-0.1, -0.05) is 24.6 Å². The Hall–Kier alpha value is -2.02. The van der Waals surface area contributed by atoms with Crippen molar-refractivity contribution in [2.24, 2.45) is 5.92 Å². The van der Waals surface area contributed by atoms with Gasteiger partial charge < -0.3 is 5.11 Å². The summed E-state index contributed by atoms with van der Waals surface area (Å²) in [5, 5.41) is 20.2. The summed E-state index contributed by atoms with van der Waals surface area (Å²) >= 11 is 5.94. The molecule has 0 amide bonds. The maximum atomic E-state index is 13.7. The van der Waals surface area contributed by atoms with E-state index in [9.17, 15) is 9.18 Å². The fraction of sp³-hybridized carbons (Fsp3) is 0.333. The molecule has 2 aromatic rings. The number of carboxylic acid groups (broad SMARTS) is 1. The van der Waals surface area contributed by atoms with Gasteiger partial charge in [0.2, 0.25) is 0 Å². The molecule has 1 atom stereocenters. The van der Waals surface area contributed by atoms with Crippen molar-refractivity contribution in [2.45, 2.75) is 19.9 Å². The van der Waals surface area contributed by atoms with Crippen molar-refractivity contribution in [2.75, 3.05) is 0 Å². The number of aliphatic carboxylic acids is 1. The molecule has 1 aromatic carbocycles. The van der Waals surface area contributed by atoms with E-state index in [2.05, 4.69) is 15.5 Å².